The minimum Gasteiger partial charge on any atom is -0.394 e. The van der Waals surface area contributed by atoms with Gasteiger partial charge in [-0.3, -0.25) is 4.79 Å². The van der Waals surface area contributed by atoms with Crippen LogP contribution in [-0.4, -0.2) is 28.0 Å². The normalized spacial score (nSPS) is 10.9. The molecule has 0 unspecified atom stereocenters. The summed E-state index contributed by atoms with van der Waals surface area (Å²) < 4.78 is 1.70. The van der Waals surface area contributed by atoms with Crippen molar-refractivity contribution in [3.05, 3.63) is 21.0 Å². The van der Waals surface area contributed by atoms with E-state index in [4.69, 9.17) is 5.11 Å². The summed E-state index contributed by atoms with van der Waals surface area (Å²) in [6, 6.07) is 0. The van der Waals surface area contributed by atoms with Gasteiger partial charge >= 0.3 is 0 Å². The highest BCUT2D eigenvalue weighted by atomic mass is 79.9. The molecule has 1 aromatic heterocycles. The molecule has 0 aliphatic heterocycles. The Morgan fingerprint density at radius 1 is 1.59 bits per heavy atom. The third kappa shape index (κ3) is 4.12. The van der Waals surface area contributed by atoms with Crippen molar-refractivity contribution in [3.63, 3.8) is 0 Å². The first-order valence-corrected chi connectivity index (χ1v) is 6.46. The average molecular weight is 304 g/mol. The van der Waals surface area contributed by atoms with Crippen LogP contribution in [0.2, 0.25) is 0 Å². The third-order valence-corrected chi connectivity index (χ3v) is 3.10. The smallest absolute Gasteiger partial charge is 0.283 e. The molecule has 1 heterocycles. The van der Waals surface area contributed by atoms with Gasteiger partial charge in [0.1, 0.15) is 4.47 Å². The molecule has 1 rings (SSSR count). The summed E-state index contributed by atoms with van der Waals surface area (Å²) >= 11 is 3.25. The molecule has 0 saturated carbocycles. The largest absolute Gasteiger partial charge is 0.394 e. The Balaban J connectivity index is 2.75. The van der Waals surface area contributed by atoms with Gasteiger partial charge in [0.25, 0.3) is 5.56 Å². The number of aliphatic hydroxyl groups is 1. The van der Waals surface area contributed by atoms with Crippen LogP contribution in [0.5, 0.6) is 0 Å². The highest BCUT2D eigenvalue weighted by Gasteiger charge is 2.08. The number of nitrogens with zero attached hydrogens (tertiary/aromatic N) is 2. The Hall–Kier alpha value is -0.880. The zero-order valence-electron chi connectivity index (χ0n) is 10.1. The molecule has 0 amide bonds. The van der Waals surface area contributed by atoms with Gasteiger partial charge in [-0.25, -0.2) is 4.68 Å². The fourth-order valence-corrected chi connectivity index (χ4v) is 1.79. The van der Waals surface area contributed by atoms with Crippen LogP contribution in [0.15, 0.2) is 15.5 Å². The minimum absolute atomic E-state index is 0.0977. The maximum Gasteiger partial charge on any atom is 0.283 e. The standard InChI is InChI=1S/C11H18BrN3O2/c1-8(2)3-4-13-9-7-14-15(5-6-16)11(17)10(9)12/h7-8,13,16H,3-6H2,1-2H3. The molecule has 6 heteroatoms. The second kappa shape index (κ2) is 6.76. The molecule has 0 spiro atoms. The van der Waals surface area contributed by atoms with E-state index in [0.717, 1.165) is 13.0 Å². The monoisotopic (exact) mass is 303 g/mol. The summed E-state index contributed by atoms with van der Waals surface area (Å²) in [6.45, 7) is 5.22. The van der Waals surface area contributed by atoms with E-state index in [0.29, 0.717) is 16.1 Å². The number of halogens is 1. The van der Waals surface area contributed by atoms with Crippen molar-refractivity contribution in [3.8, 4) is 0 Å². The van der Waals surface area contributed by atoms with E-state index in [1.54, 1.807) is 6.20 Å². The molecule has 96 valence electrons. The van der Waals surface area contributed by atoms with Gasteiger partial charge in [0, 0.05) is 6.54 Å². The van der Waals surface area contributed by atoms with E-state index in [1.807, 2.05) is 0 Å². The van der Waals surface area contributed by atoms with Crippen molar-refractivity contribution < 1.29 is 5.11 Å². The highest BCUT2D eigenvalue weighted by molar-refractivity contribution is 9.10. The minimum atomic E-state index is -0.228. The number of hydrogen-bond acceptors (Lipinski definition) is 4. The number of nitrogens with one attached hydrogen (secondary N) is 1. The molecular weight excluding hydrogens is 286 g/mol. The van der Waals surface area contributed by atoms with E-state index in [1.165, 1.54) is 4.68 Å². The van der Waals surface area contributed by atoms with E-state index in [2.05, 4.69) is 40.2 Å². The van der Waals surface area contributed by atoms with Gasteiger partial charge in [0.15, 0.2) is 0 Å². The van der Waals surface area contributed by atoms with Crippen molar-refractivity contribution in [2.75, 3.05) is 18.5 Å². The molecule has 0 aromatic carbocycles. The lowest BCUT2D eigenvalue weighted by Crippen LogP contribution is -2.26. The van der Waals surface area contributed by atoms with Crippen LogP contribution in [0.25, 0.3) is 0 Å². The molecule has 0 saturated heterocycles. The third-order valence-electron chi connectivity index (χ3n) is 2.33. The summed E-state index contributed by atoms with van der Waals surface area (Å²) in [4.78, 5) is 11.8. The van der Waals surface area contributed by atoms with E-state index < -0.39 is 0 Å². The molecule has 5 nitrogen and oxygen atoms in total. The zero-order chi connectivity index (χ0) is 12.8. The Morgan fingerprint density at radius 2 is 2.29 bits per heavy atom. The highest BCUT2D eigenvalue weighted by Crippen LogP contribution is 2.16. The quantitative estimate of drug-likeness (QED) is 0.835. The summed E-state index contributed by atoms with van der Waals surface area (Å²) in [5.41, 5.74) is 0.471. The number of aromatic nitrogens is 2. The van der Waals surface area contributed by atoms with Crippen molar-refractivity contribution in [1.82, 2.24) is 9.78 Å². The maximum absolute atomic E-state index is 11.8. The predicted molar refractivity (Wildman–Crippen MR) is 71.2 cm³/mol. The zero-order valence-corrected chi connectivity index (χ0v) is 11.7. The summed E-state index contributed by atoms with van der Waals surface area (Å²) in [7, 11) is 0. The second-order valence-corrected chi connectivity index (χ2v) is 5.03. The SMILES string of the molecule is CC(C)CCNc1cnn(CCO)c(=O)c1Br. The molecule has 0 fully saturated rings. The lowest BCUT2D eigenvalue weighted by molar-refractivity contribution is 0.266. The lowest BCUT2D eigenvalue weighted by atomic mass is 10.1. The Labute approximate surface area is 109 Å². The first-order valence-electron chi connectivity index (χ1n) is 5.66. The predicted octanol–water partition coefficient (Wildman–Crippen LogP) is 1.46. The molecule has 1 aromatic rings. The van der Waals surface area contributed by atoms with Gasteiger partial charge in [-0.2, -0.15) is 5.10 Å². The topological polar surface area (TPSA) is 67.2 Å². The van der Waals surface area contributed by atoms with Crippen LogP contribution >= 0.6 is 15.9 Å². The number of hydrogen-bond donors (Lipinski definition) is 2. The van der Waals surface area contributed by atoms with E-state index in [-0.39, 0.29) is 18.7 Å². The van der Waals surface area contributed by atoms with Crippen LogP contribution in [0, 0.1) is 5.92 Å². The number of anilines is 1. The fraction of sp³-hybridized carbons (Fsp3) is 0.636. The summed E-state index contributed by atoms with van der Waals surface area (Å²) in [5.74, 6) is 0.615. The van der Waals surface area contributed by atoms with Gasteiger partial charge in [0.05, 0.1) is 25.0 Å². The first-order chi connectivity index (χ1) is 8.06. The Bertz CT molecular complexity index is 418. The number of rotatable bonds is 6. The van der Waals surface area contributed by atoms with Gasteiger partial charge in [-0.15, -0.1) is 0 Å². The van der Waals surface area contributed by atoms with E-state index >= 15 is 0 Å². The molecule has 0 aliphatic rings. The lowest BCUT2D eigenvalue weighted by Gasteiger charge is -2.10. The second-order valence-electron chi connectivity index (χ2n) is 4.23. The van der Waals surface area contributed by atoms with E-state index in [9.17, 15) is 4.79 Å². The first kappa shape index (κ1) is 14.2. The Morgan fingerprint density at radius 3 is 2.88 bits per heavy atom. The molecular formula is C11H18BrN3O2. The fourth-order valence-electron chi connectivity index (χ4n) is 1.34. The molecule has 0 bridgehead atoms. The van der Waals surface area contributed by atoms with Crippen LogP contribution in [-0.2, 0) is 6.54 Å². The van der Waals surface area contributed by atoms with Crippen molar-refractivity contribution in [2.45, 2.75) is 26.8 Å². The maximum atomic E-state index is 11.8. The number of aliphatic hydroxyl groups excluding tert-OH is 1. The molecule has 0 radical (unpaired) electrons. The summed E-state index contributed by atoms with van der Waals surface area (Å²) in [5, 5.41) is 15.9. The summed E-state index contributed by atoms with van der Waals surface area (Å²) in [6.07, 6.45) is 2.63. The van der Waals surface area contributed by atoms with Gasteiger partial charge < -0.3 is 10.4 Å². The van der Waals surface area contributed by atoms with Crippen molar-refractivity contribution in [1.29, 1.82) is 0 Å². The van der Waals surface area contributed by atoms with Crippen LogP contribution < -0.4 is 10.9 Å². The van der Waals surface area contributed by atoms with Crippen LogP contribution in [0.3, 0.4) is 0 Å². The van der Waals surface area contributed by atoms with Gasteiger partial charge in [0.2, 0.25) is 0 Å². The molecule has 0 aliphatic carbocycles. The Kier molecular flexibility index (Phi) is 5.64. The molecule has 17 heavy (non-hydrogen) atoms. The average Bonchev–Trinajstić information content (AvgIpc) is 2.28. The van der Waals surface area contributed by atoms with Crippen LogP contribution in [0.4, 0.5) is 5.69 Å². The molecule has 2 N–H and O–H groups in total. The van der Waals surface area contributed by atoms with Crippen LogP contribution in [0.1, 0.15) is 20.3 Å². The molecule has 0 atom stereocenters. The van der Waals surface area contributed by atoms with Gasteiger partial charge in [-0.1, -0.05) is 13.8 Å². The van der Waals surface area contributed by atoms with Crippen molar-refractivity contribution >= 4 is 21.6 Å². The van der Waals surface area contributed by atoms with Crippen molar-refractivity contribution in [2.24, 2.45) is 5.92 Å². The van der Waals surface area contributed by atoms with Gasteiger partial charge in [-0.05, 0) is 28.3 Å².